The van der Waals surface area contributed by atoms with E-state index in [0.29, 0.717) is 12.1 Å². The Hall–Kier alpha value is -0.900. The number of hydrogen-bond acceptors (Lipinski definition) is 3. The molecule has 1 unspecified atom stereocenters. The molecule has 3 heteroatoms. The van der Waals surface area contributed by atoms with Gasteiger partial charge in [-0.25, -0.2) is 0 Å². The van der Waals surface area contributed by atoms with Crippen molar-refractivity contribution in [2.45, 2.75) is 56.8 Å². The Labute approximate surface area is 115 Å². The normalized spacial score (nSPS) is 31.5. The topological polar surface area (TPSA) is 44.3 Å². The van der Waals surface area contributed by atoms with Crippen molar-refractivity contribution in [1.29, 1.82) is 0 Å². The highest BCUT2D eigenvalue weighted by Crippen LogP contribution is 2.27. The highest BCUT2D eigenvalue weighted by Gasteiger charge is 2.24. The van der Waals surface area contributed by atoms with E-state index in [4.69, 9.17) is 0 Å². The van der Waals surface area contributed by atoms with Crippen LogP contribution in [0.15, 0.2) is 24.3 Å². The van der Waals surface area contributed by atoms with Crippen molar-refractivity contribution in [3.8, 4) is 0 Å². The van der Waals surface area contributed by atoms with Gasteiger partial charge in [0.2, 0.25) is 0 Å². The monoisotopic (exact) mass is 260 g/mol. The maximum absolute atomic E-state index is 9.60. The van der Waals surface area contributed by atoms with Crippen LogP contribution in [-0.2, 0) is 6.54 Å². The molecule has 1 aromatic carbocycles. The second-order valence-electron chi connectivity index (χ2n) is 5.89. The molecule has 1 atom stereocenters. The molecule has 1 aromatic rings. The third kappa shape index (κ3) is 3.16. The zero-order chi connectivity index (χ0) is 13.1. The maximum Gasteiger partial charge on any atom is 0.0541 e. The van der Waals surface area contributed by atoms with E-state index in [0.717, 1.165) is 45.2 Å². The number of aliphatic hydroxyl groups is 1. The van der Waals surface area contributed by atoms with Crippen LogP contribution in [0.5, 0.6) is 0 Å². The van der Waals surface area contributed by atoms with E-state index in [-0.39, 0.29) is 6.10 Å². The van der Waals surface area contributed by atoms with Crippen LogP contribution in [-0.4, -0.2) is 23.8 Å². The molecule has 104 valence electrons. The summed E-state index contributed by atoms with van der Waals surface area (Å²) in [6.07, 6.45) is 5.19. The van der Waals surface area contributed by atoms with Gasteiger partial charge in [-0.1, -0.05) is 24.3 Å². The lowest BCUT2D eigenvalue weighted by Crippen LogP contribution is -2.37. The summed E-state index contributed by atoms with van der Waals surface area (Å²) in [6.45, 7) is 2.05. The average molecular weight is 260 g/mol. The van der Waals surface area contributed by atoms with Crippen LogP contribution in [0.25, 0.3) is 0 Å². The molecule has 19 heavy (non-hydrogen) atoms. The summed E-state index contributed by atoms with van der Waals surface area (Å²) >= 11 is 0. The van der Waals surface area contributed by atoms with Gasteiger partial charge in [0, 0.05) is 18.6 Å². The van der Waals surface area contributed by atoms with Gasteiger partial charge in [-0.15, -0.1) is 0 Å². The molecule has 3 N–H and O–H groups in total. The zero-order valence-corrected chi connectivity index (χ0v) is 11.4. The Morgan fingerprint density at radius 3 is 2.68 bits per heavy atom. The summed E-state index contributed by atoms with van der Waals surface area (Å²) in [6, 6.07) is 9.79. The van der Waals surface area contributed by atoms with Crippen molar-refractivity contribution < 1.29 is 5.11 Å². The minimum absolute atomic E-state index is 0.0684. The van der Waals surface area contributed by atoms with Gasteiger partial charge in [-0.05, 0) is 49.8 Å². The van der Waals surface area contributed by atoms with Crippen molar-refractivity contribution in [2.75, 3.05) is 6.54 Å². The molecule has 0 aromatic heterocycles. The molecule has 1 aliphatic carbocycles. The third-order valence-electron chi connectivity index (χ3n) is 4.49. The van der Waals surface area contributed by atoms with Crippen molar-refractivity contribution in [2.24, 2.45) is 0 Å². The molecule has 3 rings (SSSR count). The summed E-state index contributed by atoms with van der Waals surface area (Å²) in [7, 11) is 0. The fourth-order valence-electron chi connectivity index (χ4n) is 3.36. The van der Waals surface area contributed by atoms with Gasteiger partial charge in [0.25, 0.3) is 0 Å². The number of rotatable bonds is 2. The van der Waals surface area contributed by atoms with Crippen LogP contribution >= 0.6 is 0 Å². The molecule has 0 amide bonds. The van der Waals surface area contributed by atoms with Gasteiger partial charge in [-0.3, -0.25) is 0 Å². The van der Waals surface area contributed by atoms with Gasteiger partial charge in [-0.2, -0.15) is 0 Å². The van der Waals surface area contributed by atoms with Crippen molar-refractivity contribution in [3.63, 3.8) is 0 Å². The van der Waals surface area contributed by atoms with Crippen molar-refractivity contribution in [1.82, 2.24) is 10.6 Å². The molecular weight excluding hydrogens is 236 g/mol. The first-order valence-corrected chi connectivity index (χ1v) is 7.55. The first-order chi connectivity index (χ1) is 9.33. The summed E-state index contributed by atoms with van der Waals surface area (Å²) in [5.74, 6) is 0. The Morgan fingerprint density at radius 2 is 1.84 bits per heavy atom. The van der Waals surface area contributed by atoms with E-state index in [1.807, 2.05) is 0 Å². The van der Waals surface area contributed by atoms with E-state index < -0.39 is 0 Å². The molecule has 1 saturated carbocycles. The molecule has 0 bridgehead atoms. The summed E-state index contributed by atoms with van der Waals surface area (Å²) in [4.78, 5) is 0. The van der Waals surface area contributed by atoms with Crippen LogP contribution in [0, 0.1) is 0 Å². The van der Waals surface area contributed by atoms with Crippen LogP contribution in [0.3, 0.4) is 0 Å². The number of hydrogen-bond donors (Lipinski definition) is 3. The SMILES string of the molecule is OC1CCC(NC2CCNCc3ccccc32)CC1. The van der Waals surface area contributed by atoms with Gasteiger partial charge in [0.15, 0.2) is 0 Å². The predicted molar refractivity (Wildman–Crippen MR) is 76.9 cm³/mol. The van der Waals surface area contributed by atoms with Crippen LogP contribution < -0.4 is 10.6 Å². The Bertz CT molecular complexity index is 413. The van der Waals surface area contributed by atoms with Crippen molar-refractivity contribution >= 4 is 0 Å². The average Bonchev–Trinajstić information content (AvgIpc) is 2.64. The lowest BCUT2D eigenvalue weighted by molar-refractivity contribution is 0.114. The fraction of sp³-hybridized carbons (Fsp3) is 0.625. The predicted octanol–water partition coefficient (Wildman–Crippen LogP) is 2.11. The first kappa shape index (κ1) is 13.1. The second kappa shape index (κ2) is 6.04. The Balaban J connectivity index is 1.70. The third-order valence-corrected chi connectivity index (χ3v) is 4.49. The summed E-state index contributed by atoms with van der Waals surface area (Å²) in [5, 5.41) is 16.9. The van der Waals surface area contributed by atoms with E-state index in [2.05, 4.69) is 34.9 Å². The lowest BCUT2D eigenvalue weighted by Gasteiger charge is -2.30. The zero-order valence-electron chi connectivity index (χ0n) is 11.4. The standard InChI is InChI=1S/C16H24N2O/c19-14-7-5-13(6-8-14)18-16-9-10-17-11-12-3-1-2-4-15(12)16/h1-4,13-14,16-19H,5-11H2. The van der Waals surface area contributed by atoms with Gasteiger partial charge < -0.3 is 15.7 Å². The molecule has 2 aliphatic rings. The highest BCUT2D eigenvalue weighted by atomic mass is 16.3. The lowest BCUT2D eigenvalue weighted by atomic mass is 9.91. The quantitative estimate of drug-likeness (QED) is 0.763. The minimum atomic E-state index is -0.0684. The van der Waals surface area contributed by atoms with E-state index >= 15 is 0 Å². The van der Waals surface area contributed by atoms with E-state index in [9.17, 15) is 5.11 Å². The van der Waals surface area contributed by atoms with Crippen LogP contribution in [0.1, 0.15) is 49.3 Å². The number of aliphatic hydroxyl groups excluding tert-OH is 1. The minimum Gasteiger partial charge on any atom is -0.393 e. The number of nitrogens with one attached hydrogen (secondary N) is 2. The number of benzene rings is 1. The molecule has 1 heterocycles. The summed E-state index contributed by atoms with van der Waals surface area (Å²) in [5.41, 5.74) is 2.88. The second-order valence-corrected chi connectivity index (χ2v) is 5.89. The number of fused-ring (bicyclic) bond motifs is 1. The maximum atomic E-state index is 9.60. The largest absolute Gasteiger partial charge is 0.393 e. The summed E-state index contributed by atoms with van der Waals surface area (Å²) < 4.78 is 0. The molecule has 0 radical (unpaired) electrons. The van der Waals surface area contributed by atoms with E-state index in [1.54, 1.807) is 0 Å². The fourth-order valence-corrected chi connectivity index (χ4v) is 3.36. The van der Waals surface area contributed by atoms with Crippen molar-refractivity contribution in [3.05, 3.63) is 35.4 Å². The smallest absolute Gasteiger partial charge is 0.0541 e. The van der Waals surface area contributed by atoms with Crippen LogP contribution in [0.2, 0.25) is 0 Å². The molecule has 0 spiro atoms. The Kier molecular flexibility index (Phi) is 4.16. The van der Waals surface area contributed by atoms with Crippen LogP contribution in [0.4, 0.5) is 0 Å². The molecule has 1 aliphatic heterocycles. The molecule has 1 fully saturated rings. The van der Waals surface area contributed by atoms with Gasteiger partial charge >= 0.3 is 0 Å². The first-order valence-electron chi connectivity index (χ1n) is 7.55. The molecule has 0 saturated heterocycles. The van der Waals surface area contributed by atoms with Gasteiger partial charge in [0.1, 0.15) is 0 Å². The van der Waals surface area contributed by atoms with Gasteiger partial charge in [0.05, 0.1) is 6.10 Å². The highest BCUT2D eigenvalue weighted by molar-refractivity contribution is 5.31. The molecule has 3 nitrogen and oxygen atoms in total. The van der Waals surface area contributed by atoms with E-state index in [1.165, 1.54) is 11.1 Å². The Morgan fingerprint density at radius 1 is 1.05 bits per heavy atom. The molecular formula is C16H24N2O.